The third-order valence-electron chi connectivity index (χ3n) is 2.30. The van der Waals surface area contributed by atoms with Crippen molar-refractivity contribution in [2.24, 2.45) is 0 Å². The van der Waals surface area contributed by atoms with E-state index in [0.29, 0.717) is 0 Å². The summed E-state index contributed by atoms with van der Waals surface area (Å²) < 4.78 is 0. The summed E-state index contributed by atoms with van der Waals surface area (Å²) in [6, 6.07) is 10.3. The SMILES string of the molecule is c1c[nH]c2cc3ncccc3c-2c1. The number of fused-ring (bicyclic) bond motifs is 3. The molecule has 2 heteroatoms. The molecule has 2 nitrogen and oxygen atoms in total. The zero-order chi connectivity index (χ0) is 8.67. The van der Waals surface area contributed by atoms with Gasteiger partial charge < -0.3 is 4.98 Å². The second-order valence-corrected chi connectivity index (χ2v) is 3.08. The second kappa shape index (κ2) is 2.33. The Balaban J connectivity index is 2.56. The first-order chi connectivity index (χ1) is 6.45. The Labute approximate surface area is 75.6 Å². The molecule has 62 valence electrons. The normalized spacial score (nSPS) is 11.1. The van der Waals surface area contributed by atoms with E-state index in [0.717, 1.165) is 11.2 Å². The highest BCUT2D eigenvalue weighted by atomic mass is 14.7. The molecule has 1 aliphatic carbocycles. The van der Waals surface area contributed by atoms with Crippen molar-refractivity contribution in [2.45, 2.75) is 0 Å². The van der Waals surface area contributed by atoms with Gasteiger partial charge in [-0.3, -0.25) is 4.98 Å². The van der Waals surface area contributed by atoms with Crippen LogP contribution in [0.5, 0.6) is 0 Å². The van der Waals surface area contributed by atoms with Gasteiger partial charge in [0.05, 0.1) is 5.52 Å². The summed E-state index contributed by atoms with van der Waals surface area (Å²) in [6.45, 7) is 0. The first-order valence-electron chi connectivity index (χ1n) is 4.26. The van der Waals surface area contributed by atoms with Crippen LogP contribution < -0.4 is 0 Å². The maximum absolute atomic E-state index is 4.30. The predicted octanol–water partition coefficient (Wildman–Crippen LogP) is 2.67. The average Bonchev–Trinajstić information content (AvgIpc) is 2.56. The summed E-state index contributed by atoms with van der Waals surface area (Å²) in [4.78, 5) is 7.50. The van der Waals surface area contributed by atoms with E-state index in [2.05, 4.69) is 28.2 Å². The molecule has 13 heavy (non-hydrogen) atoms. The van der Waals surface area contributed by atoms with Crippen molar-refractivity contribution in [2.75, 3.05) is 0 Å². The lowest BCUT2D eigenvalue weighted by Crippen LogP contribution is -1.76. The molecule has 0 amide bonds. The quantitative estimate of drug-likeness (QED) is 0.549. The van der Waals surface area contributed by atoms with E-state index in [1.807, 2.05) is 24.5 Å². The molecule has 1 aromatic rings. The van der Waals surface area contributed by atoms with Crippen LogP contribution in [0.3, 0.4) is 0 Å². The summed E-state index contributed by atoms with van der Waals surface area (Å²) in [5, 5.41) is 1.22. The van der Waals surface area contributed by atoms with Gasteiger partial charge in [0.25, 0.3) is 0 Å². The van der Waals surface area contributed by atoms with Gasteiger partial charge >= 0.3 is 0 Å². The Hall–Kier alpha value is -1.83. The summed E-state index contributed by atoms with van der Waals surface area (Å²) in [5.74, 6) is 0. The minimum Gasteiger partial charge on any atom is -0.361 e. The Kier molecular flexibility index (Phi) is 1.19. The highest BCUT2D eigenvalue weighted by Crippen LogP contribution is 2.30. The smallest absolute Gasteiger partial charge is 0.0729 e. The van der Waals surface area contributed by atoms with Crippen LogP contribution in [0.15, 0.2) is 42.7 Å². The van der Waals surface area contributed by atoms with E-state index >= 15 is 0 Å². The van der Waals surface area contributed by atoms with Crippen molar-refractivity contribution in [3.8, 4) is 11.3 Å². The van der Waals surface area contributed by atoms with Crippen molar-refractivity contribution in [1.82, 2.24) is 9.97 Å². The van der Waals surface area contributed by atoms with Gasteiger partial charge in [0.15, 0.2) is 0 Å². The Morgan fingerprint density at radius 1 is 1.15 bits per heavy atom. The lowest BCUT2D eigenvalue weighted by atomic mass is 10.2. The monoisotopic (exact) mass is 168 g/mol. The van der Waals surface area contributed by atoms with Crippen LogP contribution >= 0.6 is 0 Å². The Morgan fingerprint density at radius 3 is 3.15 bits per heavy atom. The van der Waals surface area contributed by atoms with Crippen molar-refractivity contribution in [1.29, 1.82) is 0 Å². The molecule has 1 aliphatic heterocycles. The lowest BCUT2D eigenvalue weighted by Gasteiger charge is -1.96. The first kappa shape index (κ1) is 6.66. The number of hydrogen-bond acceptors (Lipinski definition) is 1. The molecular weight excluding hydrogens is 160 g/mol. The van der Waals surface area contributed by atoms with E-state index in [4.69, 9.17) is 0 Å². The number of pyridine rings is 2. The van der Waals surface area contributed by atoms with Gasteiger partial charge in [0.1, 0.15) is 0 Å². The number of nitrogens with one attached hydrogen (secondary N) is 1. The van der Waals surface area contributed by atoms with Crippen molar-refractivity contribution in [3.05, 3.63) is 42.7 Å². The van der Waals surface area contributed by atoms with Gasteiger partial charge in [-0.05, 0) is 18.2 Å². The van der Waals surface area contributed by atoms with E-state index in [1.54, 1.807) is 0 Å². The van der Waals surface area contributed by atoms with Gasteiger partial charge in [0, 0.05) is 29.0 Å². The van der Waals surface area contributed by atoms with E-state index in [9.17, 15) is 0 Å². The molecule has 0 saturated heterocycles. The zero-order valence-electron chi connectivity index (χ0n) is 6.99. The molecule has 0 aromatic carbocycles. The van der Waals surface area contributed by atoms with E-state index < -0.39 is 0 Å². The largest absolute Gasteiger partial charge is 0.361 e. The van der Waals surface area contributed by atoms with Crippen LogP contribution in [0.4, 0.5) is 0 Å². The summed E-state index contributed by atoms with van der Waals surface area (Å²) in [6.07, 6.45) is 3.75. The maximum Gasteiger partial charge on any atom is 0.0729 e. The fourth-order valence-corrected chi connectivity index (χ4v) is 1.70. The van der Waals surface area contributed by atoms with Gasteiger partial charge in [-0.1, -0.05) is 12.1 Å². The predicted molar refractivity (Wildman–Crippen MR) is 52.7 cm³/mol. The third-order valence-corrected chi connectivity index (χ3v) is 2.30. The first-order valence-corrected chi connectivity index (χ1v) is 4.26. The maximum atomic E-state index is 4.30. The van der Waals surface area contributed by atoms with Gasteiger partial charge in [-0.15, -0.1) is 0 Å². The summed E-state index contributed by atoms with van der Waals surface area (Å²) in [5.41, 5.74) is 3.45. The molecule has 2 heterocycles. The number of rotatable bonds is 0. The molecule has 0 saturated carbocycles. The molecular formula is C11H8N2. The van der Waals surface area contributed by atoms with Crippen LogP contribution in [0.25, 0.3) is 22.2 Å². The van der Waals surface area contributed by atoms with Gasteiger partial charge in [-0.25, -0.2) is 0 Å². The molecule has 0 bridgehead atoms. The lowest BCUT2D eigenvalue weighted by molar-refractivity contribution is 1.34. The van der Waals surface area contributed by atoms with Crippen LogP contribution in [0.1, 0.15) is 0 Å². The number of hydrogen-bond donors (Lipinski definition) is 1. The topological polar surface area (TPSA) is 28.7 Å². The van der Waals surface area contributed by atoms with Crippen molar-refractivity contribution >= 4 is 10.9 Å². The minimum absolute atomic E-state index is 1.06. The van der Waals surface area contributed by atoms with Crippen molar-refractivity contribution < 1.29 is 0 Å². The zero-order valence-corrected chi connectivity index (χ0v) is 6.99. The van der Waals surface area contributed by atoms with Gasteiger partial charge in [0.2, 0.25) is 0 Å². The highest BCUT2D eigenvalue weighted by Gasteiger charge is 2.08. The van der Waals surface area contributed by atoms with Crippen LogP contribution in [0, 0.1) is 0 Å². The third kappa shape index (κ3) is 0.855. The van der Waals surface area contributed by atoms with Crippen LogP contribution in [-0.4, -0.2) is 9.97 Å². The molecule has 2 aliphatic rings. The average molecular weight is 168 g/mol. The molecule has 0 unspecified atom stereocenters. The molecule has 3 rings (SSSR count). The number of nitrogens with zero attached hydrogens (tertiary/aromatic N) is 1. The standard InChI is InChI=1S/C11H8N2/c1-3-8-9-4-2-6-13-11(9)7-10(8)12-5-1/h1-7,12H. The van der Waals surface area contributed by atoms with Crippen molar-refractivity contribution in [3.63, 3.8) is 0 Å². The summed E-state index contributed by atoms with van der Waals surface area (Å²) in [7, 11) is 0. The highest BCUT2D eigenvalue weighted by molar-refractivity contribution is 5.98. The molecule has 1 N–H and O–H groups in total. The Morgan fingerprint density at radius 2 is 2.15 bits per heavy atom. The summed E-state index contributed by atoms with van der Waals surface area (Å²) >= 11 is 0. The van der Waals surface area contributed by atoms with Gasteiger partial charge in [-0.2, -0.15) is 0 Å². The number of aromatic amines is 1. The van der Waals surface area contributed by atoms with E-state index in [-0.39, 0.29) is 0 Å². The molecule has 0 radical (unpaired) electrons. The second-order valence-electron chi connectivity index (χ2n) is 3.08. The van der Waals surface area contributed by atoms with E-state index in [1.165, 1.54) is 10.9 Å². The number of H-pyrrole nitrogens is 1. The molecule has 0 atom stereocenters. The fourth-order valence-electron chi connectivity index (χ4n) is 1.70. The minimum atomic E-state index is 1.06. The Bertz CT molecular complexity index is 525. The van der Waals surface area contributed by atoms with Crippen LogP contribution in [-0.2, 0) is 0 Å². The molecule has 1 aromatic heterocycles. The molecule has 0 spiro atoms. The molecule has 0 fully saturated rings. The van der Waals surface area contributed by atoms with Crippen LogP contribution in [0.2, 0.25) is 0 Å². The number of aromatic nitrogens is 2. The fraction of sp³-hybridized carbons (Fsp3) is 0.